The van der Waals surface area contributed by atoms with Crippen LogP contribution in [0.5, 0.6) is 0 Å². The Morgan fingerprint density at radius 1 is 1.47 bits per heavy atom. The summed E-state index contributed by atoms with van der Waals surface area (Å²) in [6.45, 7) is 2.09. The number of hydrogen-bond donors (Lipinski definition) is 1. The van der Waals surface area contributed by atoms with Crippen molar-refractivity contribution in [1.82, 2.24) is 0 Å². The van der Waals surface area contributed by atoms with Crippen LogP contribution in [0.1, 0.15) is 31.2 Å². The van der Waals surface area contributed by atoms with E-state index in [1.54, 1.807) is 4.90 Å². The molecule has 1 heterocycles. The van der Waals surface area contributed by atoms with E-state index in [1.807, 2.05) is 25.2 Å². The quantitative estimate of drug-likeness (QED) is 0.750. The maximum Gasteiger partial charge on any atom is 0.234 e. The van der Waals surface area contributed by atoms with Crippen LogP contribution in [-0.2, 0) is 4.79 Å². The fourth-order valence-corrected chi connectivity index (χ4v) is 2.21. The van der Waals surface area contributed by atoms with Crippen LogP contribution >= 0.6 is 0 Å². The van der Waals surface area contributed by atoms with Gasteiger partial charge in [0.15, 0.2) is 0 Å². The summed E-state index contributed by atoms with van der Waals surface area (Å²) >= 11 is 0. The van der Waals surface area contributed by atoms with Gasteiger partial charge < -0.3 is 10.6 Å². The molecule has 1 aliphatic rings. The van der Waals surface area contributed by atoms with E-state index in [0.29, 0.717) is 0 Å². The Labute approximate surface area is 89.9 Å². The van der Waals surface area contributed by atoms with Gasteiger partial charge in [-0.1, -0.05) is 13.3 Å². The van der Waals surface area contributed by atoms with Crippen LogP contribution in [0.4, 0.5) is 11.4 Å². The average molecular weight is 204 g/mol. The van der Waals surface area contributed by atoms with Crippen LogP contribution in [0.15, 0.2) is 18.2 Å². The van der Waals surface area contributed by atoms with Gasteiger partial charge in [-0.2, -0.15) is 0 Å². The van der Waals surface area contributed by atoms with Crippen LogP contribution in [0, 0.1) is 0 Å². The minimum atomic E-state index is 0.0125. The average Bonchev–Trinajstić information content (AvgIpc) is 2.44. The summed E-state index contributed by atoms with van der Waals surface area (Å²) < 4.78 is 0. The van der Waals surface area contributed by atoms with Gasteiger partial charge in [-0.25, -0.2) is 0 Å². The number of benzene rings is 1. The van der Waals surface area contributed by atoms with Crippen molar-refractivity contribution in [1.29, 1.82) is 0 Å². The number of carbonyl (C=O) groups excluding carboxylic acids is 1. The molecule has 0 spiro atoms. The second-order valence-electron chi connectivity index (χ2n) is 4.06. The lowest BCUT2D eigenvalue weighted by Crippen LogP contribution is -2.23. The first-order valence-corrected chi connectivity index (χ1v) is 5.32. The van der Waals surface area contributed by atoms with E-state index in [1.165, 1.54) is 0 Å². The van der Waals surface area contributed by atoms with Gasteiger partial charge >= 0.3 is 0 Å². The van der Waals surface area contributed by atoms with Crippen LogP contribution in [0.3, 0.4) is 0 Å². The summed E-state index contributed by atoms with van der Waals surface area (Å²) in [4.78, 5) is 13.7. The Balaban J connectivity index is 2.47. The van der Waals surface area contributed by atoms with Gasteiger partial charge in [0.05, 0.1) is 5.92 Å². The van der Waals surface area contributed by atoms with Gasteiger partial charge in [-0.05, 0) is 30.2 Å². The molecule has 0 bridgehead atoms. The molecule has 0 fully saturated rings. The van der Waals surface area contributed by atoms with Crippen molar-refractivity contribution in [2.24, 2.45) is 0 Å². The van der Waals surface area contributed by atoms with E-state index < -0.39 is 0 Å². The zero-order chi connectivity index (χ0) is 11.0. The van der Waals surface area contributed by atoms with Crippen molar-refractivity contribution in [3.05, 3.63) is 23.8 Å². The number of hydrogen-bond acceptors (Lipinski definition) is 2. The third-order valence-electron chi connectivity index (χ3n) is 2.99. The second-order valence-corrected chi connectivity index (χ2v) is 4.06. The van der Waals surface area contributed by atoms with E-state index >= 15 is 0 Å². The van der Waals surface area contributed by atoms with E-state index in [-0.39, 0.29) is 11.8 Å². The minimum Gasteiger partial charge on any atom is -0.399 e. The second kappa shape index (κ2) is 3.57. The highest BCUT2D eigenvalue weighted by molar-refractivity contribution is 6.04. The first-order valence-electron chi connectivity index (χ1n) is 5.32. The summed E-state index contributed by atoms with van der Waals surface area (Å²) in [5, 5.41) is 0. The summed E-state index contributed by atoms with van der Waals surface area (Å²) in [5.74, 6) is 0.205. The standard InChI is InChI=1S/C12H16N2O/c1-3-4-9-10-7-8(13)5-6-11(10)14(2)12(9)15/h5-7,9H,3-4,13H2,1-2H3. The molecule has 0 aliphatic carbocycles. The molecule has 0 radical (unpaired) electrons. The number of likely N-dealkylation sites (N-methyl/N-ethyl adjacent to an activating group) is 1. The molecule has 2 rings (SSSR count). The Morgan fingerprint density at radius 3 is 2.87 bits per heavy atom. The van der Waals surface area contributed by atoms with Gasteiger partial charge in [0.2, 0.25) is 5.91 Å². The van der Waals surface area contributed by atoms with Gasteiger partial charge in [0, 0.05) is 18.4 Å². The summed E-state index contributed by atoms with van der Waals surface area (Å²) in [7, 11) is 1.83. The molecule has 80 valence electrons. The van der Waals surface area contributed by atoms with E-state index in [0.717, 1.165) is 29.8 Å². The zero-order valence-corrected chi connectivity index (χ0v) is 9.16. The molecule has 0 saturated carbocycles. The lowest BCUT2D eigenvalue weighted by Gasteiger charge is -2.10. The topological polar surface area (TPSA) is 46.3 Å². The minimum absolute atomic E-state index is 0.0125. The zero-order valence-electron chi connectivity index (χ0n) is 9.16. The summed E-state index contributed by atoms with van der Waals surface area (Å²) in [5.41, 5.74) is 8.58. The molecule has 3 heteroatoms. The maximum absolute atomic E-state index is 11.9. The molecule has 1 aromatic rings. The van der Waals surface area contributed by atoms with Gasteiger partial charge in [0.25, 0.3) is 0 Å². The summed E-state index contributed by atoms with van der Waals surface area (Å²) in [6, 6.07) is 5.70. The molecular weight excluding hydrogens is 188 g/mol. The molecule has 1 aliphatic heterocycles. The van der Waals surface area contributed by atoms with Crippen molar-refractivity contribution in [2.75, 3.05) is 17.7 Å². The Kier molecular flexibility index (Phi) is 2.39. The molecule has 0 aromatic heterocycles. The highest BCUT2D eigenvalue weighted by atomic mass is 16.2. The predicted molar refractivity (Wildman–Crippen MR) is 61.9 cm³/mol. The lowest BCUT2D eigenvalue weighted by atomic mass is 9.96. The SMILES string of the molecule is CCCC1C(=O)N(C)c2ccc(N)cc21. The van der Waals surface area contributed by atoms with Gasteiger partial charge in [0.1, 0.15) is 0 Å². The molecule has 3 nitrogen and oxygen atoms in total. The first-order chi connectivity index (χ1) is 7.15. The molecule has 1 atom stereocenters. The van der Waals surface area contributed by atoms with Crippen molar-refractivity contribution in [3.8, 4) is 0 Å². The summed E-state index contributed by atoms with van der Waals surface area (Å²) in [6.07, 6.45) is 1.91. The molecule has 1 amide bonds. The molecular formula is C12H16N2O. The lowest BCUT2D eigenvalue weighted by molar-refractivity contribution is -0.119. The van der Waals surface area contributed by atoms with Crippen LogP contribution in [-0.4, -0.2) is 13.0 Å². The normalized spacial score (nSPS) is 19.5. The Morgan fingerprint density at radius 2 is 2.20 bits per heavy atom. The predicted octanol–water partition coefficient (Wildman–Crippen LogP) is 2.13. The third-order valence-corrected chi connectivity index (χ3v) is 2.99. The first kappa shape index (κ1) is 10.0. The van der Waals surface area contributed by atoms with Crippen molar-refractivity contribution < 1.29 is 4.79 Å². The smallest absolute Gasteiger partial charge is 0.234 e. The maximum atomic E-state index is 11.9. The van der Waals surface area contributed by atoms with E-state index in [4.69, 9.17) is 5.73 Å². The van der Waals surface area contributed by atoms with E-state index in [2.05, 4.69) is 6.92 Å². The molecule has 1 aromatic carbocycles. The van der Waals surface area contributed by atoms with Crippen molar-refractivity contribution in [2.45, 2.75) is 25.7 Å². The highest BCUT2D eigenvalue weighted by Gasteiger charge is 2.34. The number of fused-ring (bicyclic) bond motifs is 1. The number of anilines is 2. The van der Waals surface area contributed by atoms with Gasteiger partial charge in [-0.15, -0.1) is 0 Å². The fourth-order valence-electron chi connectivity index (χ4n) is 2.21. The number of nitrogen functional groups attached to an aromatic ring is 1. The van der Waals surface area contributed by atoms with E-state index in [9.17, 15) is 4.79 Å². The van der Waals surface area contributed by atoms with Crippen molar-refractivity contribution in [3.63, 3.8) is 0 Å². The molecule has 1 unspecified atom stereocenters. The van der Waals surface area contributed by atoms with Crippen LogP contribution in [0.25, 0.3) is 0 Å². The Bertz CT molecular complexity index is 401. The Hall–Kier alpha value is -1.51. The molecule has 15 heavy (non-hydrogen) atoms. The van der Waals surface area contributed by atoms with Gasteiger partial charge in [-0.3, -0.25) is 4.79 Å². The third kappa shape index (κ3) is 1.48. The van der Waals surface area contributed by atoms with Crippen LogP contribution < -0.4 is 10.6 Å². The number of carbonyl (C=O) groups is 1. The van der Waals surface area contributed by atoms with Crippen LogP contribution in [0.2, 0.25) is 0 Å². The highest BCUT2D eigenvalue weighted by Crippen LogP contribution is 2.39. The number of nitrogens with zero attached hydrogens (tertiary/aromatic N) is 1. The number of rotatable bonds is 2. The number of amides is 1. The van der Waals surface area contributed by atoms with Crippen molar-refractivity contribution >= 4 is 17.3 Å². The monoisotopic (exact) mass is 204 g/mol. The number of nitrogens with two attached hydrogens (primary N) is 1. The molecule has 2 N–H and O–H groups in total. The fraction of sp³-hybridized carbons (Fsp3) is 0.417. The largest absolute Gasteiger partial charge is 0.399 e. The molecule has 0 saturated heterocycles.